The molecule has 6 aliphatic heterocycles. The van der Waals surface area contributed by atoms with Crippen molar-refractivity contribution in [3.63, 3.8) is 0 Å². The Hall–Kier alpha value is 5.18. The van der Waals surface area contributed by atoms with E-state index in [1.165, 1.54) is 0 Å². The molecule has 0 aromatic heterocycles. The number of fused-ring (bicyclic) bond motifs is 5. The van der Waals surface area contributed by atoms with Crippen molar-refractivity contribution in [3.8, 4) is 0 Å². The molecule has 1 radical (unpaired) electrons. The first-order valence-electron chi connectivity index (χ1n) is 18.1. The van der Waals surface area contributed by atoms with Gasteiger partial charge in [-0.3, -0.25) is 0 Å². The third-order valence-electron chi connectivity index (χ3n) is 9.50. The van der Waals surface area contributed by atoms with Crippen LogP contribution in [0.25, 0.3) is 5.57 Å². The number of hydrogen-bond donors (Lipinski definition) is 0. The summed E-state index contributed by atoms with van der Waals surface area (Å²) in [7, 11) is 0. The maximum absolute atomic E-state index is 13.4. The normalized spacial score (nSPS) is 23.5. The predicted molar refractivity (Wildman–Crippen MR) is 252 cm³/mol. The molecule has 1 fully saturated rings. The van der Waals surface area contributed by atoms with Gasteiger partial charge in [0.05, 0.1) is 47.6 Å². The Kier molecular flexibility index (Phi) is 17.2. The van der Waals surface area contributed by atoms with Crippen molar-refractivity contribution in [3.05, 3.63) is 53.4 Å². The monoisotopic (exact) mass is 1110 g/mol. The van der Waals surface area contributed by atoms with E-state index >= 15 is 0 Å². The molecule has 6 nitrogen and oxygen atoms in total. The van der Waals surface area contributed by atoms with Gasteiger partial charge in [0.1, 0.15) is 0 Å². The van der Waals surface area contributed by atoms with Crippen molar-refractivity contribution in [2.75, 3.05) is 0 Å². The maximum Gasteiger partial charge on any atom is 1.00 e. The second kappa shape index (κ2) is 18.9. The molecule has 0 unspecified atom stereocenters. The van der Waals surface area contributed by atoms with Crippen molar-refractivity contribution < 1.29 is 184 Å². The molecule has 21 heteroatoms. The molecule has 0 atom stereocenters. The molecule has 0 amide bonds. The largest absolute Gasteiger partial charge is 1.00 e. The number of aromatic carboxylic acids is 2. The average Bonchev–Trinajstić information content (AvgIpc) is 3.84. The summed E-state index contributed by atoms with van der Waals surface area (Å²) in [5.74, 6) is -3.62. The van der Waals surface area contributed by atoms with E-state index in [2.05, 4.69) is 83.1 Å². The summed E-state index contributed by atoms with van der Waals surface area (Å²) < 4.78 is -2.52. The molecule has 9 rings (SSSR count). The molecule has 1 saturated heterocycles. The van der Waals surface area contributed by atoms with Crippen LogP contribution in [0.3, 0.4) is 0 Å². The molecule has 2 aromatic carbocycles. The summed E-state index contributed by atoms with van der Waals surface area (Å²) in [5.41, 5.74) is 4.34. The Morgan fingerprint density at radius 1 is 0.344 bits per heavy atom. The molecular formula is C40H36K3O6S12. The van der Waals surface area contributed by atoms with Gasteiger partial charge in [0.2, 0.25) is 0 Å². The molecule has 307 valence electrons. The van der Waals surface area contributed by atoms with Gasteiger partial charge in [0.25, 0.3) is 0 Å². The van der Waals surface area contributed by atoms with Crippen LogP contribution < -0.4 is 169 Å². The van der Waals surface area contributed by atoms with Gasteiger partial charge < -0.3 is 29.7 Å². The Morgan fingerprint density at radius 2 is 0.607 bits per heavy atom. The van der Waals surface area contributed by atoms with E-state index in [0.29, 0.717) is 29.4 Å². The summed E-state index contributed by atoms with van der Waals surface area (Å²) in [6.45, 7) is 25.4. The van der Waals surface area contributed by atoms with Crippen LogP contribution in [0.1, 0.15) is 115 Å². The molecule has 6 heterocycles. The smallest absolute Gasteiger partial charge is 0.545 e. The topological polar surface area (TPSA) is 120 Å². The number of carbonyl (C=O) groups is 3. The number of carboxylic acid groups (broad SMARTS) is 3. The fourth-order valence-corrected chi connectivity index (χ4v) is 25.5. The Labute approximate surface area is 537 Å². The van der Waals surface area contributed by atoms with Gasteiger partial charge in [-0.2, -0.15) is 0 Å². The number of carbonyl (C=O) groups excluding carboxylic acids is 3. The van der Waals surface area contributed by atoms with Crippen LogP contribution in [-0.2, 0) is 4.79 Å². The van der Waals surface area contributed by atoms with E-state index < -0.39 is 42.4 Å². The zero-order valence-electron chi connectivity index (χ0n) is 36.3. The Morgan fingerprint density at radius 3 is 0.918 bits per heavy atom. The van der Waals surface area contributed by atoms with Gasteiger partial charge in [0.15, 0.2) is 0 Å². The summed E-state index contributed by atoms with van der Waals surface area (Å²) in [6, 6.07) is 0. The number of benzene rings is 2. The number of aliphatic carboxylic acids is 1. The molecule has 0 spiro atoms. The van der Waals surface area contributed by atoms with Gasteiger partial charge in [-0.05, 0) is 94.2 Å². The second-order valence-corrected chi connectivity index (χ2v) is 38.2. The minimum Gasteiger partial charge on any atom is -0.545 e. The van der Waals surface area contributed by atoms with Gasteiger partial charge in [-0.1, -0.05) is 0 Å². The van der Waals surface area contributed by atoms with Gasteiger partial charge >= 0.3 is 154 Å². The van der Waals surface area contributed by atoms with Crippen LogP contribution in [0, 0.1) is 5.25 Å². The second-order valence-electron chi connectivity index (χ2n) is 17.1. The summed E-state index contributed by atoms with van der Waals surface area (Å²) in [6.07, 6.45) is 0. The van der Waals surface area contributed by atoms with Crippen LogP contribution in [0.15, 0.2) is 65.0 Å². The van der Waals surface area contributed by atoms with Crippen molar-refractivity contribution in [1.29, 1.82) is 0 Å². The fraction of sp³-hybridized carbons (Fsp3) is 0.450. The first-order chi connectivity index (χ1) is 26.6. The van der Waals surface area contributed by atoms with Crippen molar-refractivity contribution in [1.82, 2.24) is 0 Å². The van der Waals surface area contributed by atoms with Crippen LogP contribution in [0.2, 0.25) is 0 Å². The number of carboxylic acids is 3. The maximum atomic E-state index is 13.4. The van der Waals surface area contributed by atoms with Gasteiger partial charge in [0, 0.05) is 81.7 Å². The Balaban J connectivity index is 0.00000207. The third kappa shape index (κ3) is 10.0. The van der Waals surface area contributed by atoms with E-state index in [1.54, 1.807) is 141 Å². The molecule has 1 aliphatic carbocycles. The quantitative estimate of drug-likeness (QED) is 0.407. The number of allylic oxidation sites excluding steroid dienone is 1. The molecule has 61 heavy (non-hydrogen) atoms. The molecule has 0 saturated carbocycles. The fourth-order valence-electron chi connectivity index (χ4n) is 7.84. The average molecular weight is 1110 g/mol. The van der Waals surface area contributed by atoms with E-state index in [1.807, 2.05) is 0 Å². The first-order valence-corrected chi connectivity index (χ1v) is 27.9. The van der Waals surface area contributed by atoms with Crippen LogP contribution in [0.4, 0.5) is 0 Å². The SMILES string of the molecule is CC1(C)S[C]2C(=C(C(=O)[O-])C3=C(SC(C)(C)S3)C2=C(c2c3c(c(C(=O)[O-])c4c2SC(C)(C)S4)SC(C)(C)S3)c2c3c(c(C(=O)[O-])c4c2SC(C)(C)S4)SC(C)(C)S3)S1.[K+].[K+].[K+]. The Bertz CT molecular complexity index is 2280. The summed E-state index contributed by atoms with van der Waals surface area (Å²) in [4.78, 5) is 48.5. The first kappa shape index (κ1) is 55.5. The molecular weight excluding hydrogens is 1080 g/mol. The van der Waals surface area contributed by atoms with Crippen LogP contribution in [0.5, 0.6) is 0 Å². The van der Waals surface area contributed by atoms with E-state index in [9.17, 15) is 29.7 Å². The van der Waals surface area contributed by atoms with Crippen molar-refractivity contribution in [2.45, 2.75) is 147 Å². The van der Waals surface area contributed by atoms with Crippen LogP contribution >= 0.6 is 141 Å². The van der Waals surface area contributed by atoms with Crippen molar-refractivity contribution in [2.24, 2.45) is 0 Å². The number of thioether (sulfide) groups is 12. The molecule has 0 bridgehead atoms. The van der Waals surface area contributed by atoms with E-state index in [4.69, 9.17) is 0 Å². The van der Waals surface area contributed by atoms with Crippen LogP contribution in [-0.4, -0.2) is 42.4 Å². The molecule has 0 N–H and O–H groups in total. The van der Waals surface area contributed by atoms with Crippen molar-refractivity contribution >= 4 is 165 Å². The number of rotatable bonds is 5. The summed E-state index contributed by atoms with van der Waals surface area (Å²) in [5, 5.41) is 40.9. The zero-order valence-corrected chi connectivity index (χ0v) is 55.5. The van der Waals surface area contributed by atoms with E-state index in [-0.39, 0.29) is 171 Å². The minimum absolute atomic E-state index is 0. The molecule has 2 aromatic rings. The van der Waals surface area contributed by atoms with Gasteiger partial charge in [-0.15, -0.1) is 141 Å². The number of hydrogen-bond acceptors (Lipinski definition) is 18. The van der Waals surface area contributed by atoms with E-state index in [0.717, 1.165) is 52.0 Å². The minimum atomic E-state index is -1.21. The van der Waals surface area contributed by atoms with Gasteiger partial charge in [-0.25, -0.2) is 0 Å². The summed E-state index contributed by atoms with van der Waals surface area (Å²) >= 11 is 19.2. The third-order valence-corrected chi connectivity index (χ3v) is 26.5. The standard InChI is InChI=1S/C40H39O6S12.3K/c1-35(2)47-20-14(21-27(54-36(3,4)48-21)17(32(41)42)26(20)53-35)13(15-22-28(55-37(5,6)49-22)18(33(43)44)29-23(15)50-38(7,8)56-29)16-24-30(57-39(9,10)51-24)19(34(45)46)31-25(16)52-40(11,12)58-31;;;/h1-12H3,(H,41,42)(H,43,44)(H,45,46);;;/q;3*+1/p-3. The zero-order chi connectivity index (χ0) is 42.2. The molecule has 7 aliphatic rings. The predicted octanol–water partition coefficient (Wildman–Crippen LogP) is 2.16.